The minimum atomic E-state index is -0.540. The van der Waals surface area contributed by atoms with Crippen molar-refractivity contribution in [3.8, 4) is 5.75 Å². The van der Waals surface area contributed by atoms with Crippen molar-refractivity contribution in [3.05, 3.63) is 53.6 Å². The number of aliphatic hydroxyl groups excluding tert-OH is 1. The van der Waals surface area contributed by atoms with Crippen molar-refractivity contribution in [1.82, 2.24) is 4.90 Å². The van der Waals surface area contributed by atoms with E-state index < -0.39 is 6.10 Å². The Labute approximate surface area is 190 Å². The molecular weight excluding hydrogens is 444 g/mol. The Hall–Kier alpha value is -1.08. The molecule has 2 aromatic carbocycles. The molecule has 0 aliphatic carbocycles. The van der Waals surface area contributed by atoms with Crippen molar-refractivity contribution in [3.63, 3.8) is 0 Å². The number of benzene rings is 2. The second-order valence-corrected chi connectivity index (χ2v) is 6.70. The number of nitrogens with two attached hydrogens (primary N) is 1. The molecule has 0 aromatic heterocycles. The van der Waals surface area contributed by atoms with Gasteiger partial charge in [-0.25, -0.2) is 0 Å². The molecule has 0 amide bonds. The lowest BCUT2D eigenvalue weighted by Gasteiger charge is -2.36. The second-order valence-electron chi connectivity index (χ2n) is 6.27. The largest absolute Gasteiger partial charge is 0.489 e. The number of nitrogens with zero attached hydrogens (tertiary/aromatic N) is 2. The first-order chi connectivity index (χ1) is 12.1. The molecule has 0 saturated carbocycles. The molecule has 1 saturated heterocycles. The molecule has 1 aliphatic heterocycles. The van der Waals surface area contributed by atoms with Crippen LogP contribution < -0.4 is 15.4 Å². The number of β-amino-alcohol motifs (C(OH)–C–C–N with tert-alkyl or cyclic N) is 1. The summed E-state index contributed by atoms with van der Waals surface area (Å²) in [5.41, 5.74) is 7.62. The van der Waals surface area contributed by atoms with Gasteiger partial charge in [-0.15, -0.1) is 37.2 Å². The zero-order valence-electron chi connectivity index (χ0n) is 15.4. The second kappa shape index (κ2) is 13.2. The summed E-state index contributed by atoms with van der Waals surface area (Å²) in [5, 5.41) is 11.0. The molecular formula is C19H27Cl4N3O2. The summed E-state index contributed by atoms with van der Waals surface area (Å²) in [6.45, 7) is 4.52. The standard InChI is InChI=1S/C19H24ClN3O2.3ClH/c20-15-5-7-16(8-6-15)23-11-9-22(10-12-23)13-17(24)14-25-19-4-2-1-3-18(19)21;;;/h1-8,17,24H,9-14,21H2;3*1H. The lowest BCUT2D eigenvalue weighted by Crippen LogP contribution is -2.49. The van der Waals surface area contributed by atoms with Gasteiger partial charge in [0.15, 0.2) is 0 Å². The summed E-state index contributed by atoms with van der Waals surface area (Å²) in [7, 11) is 0. The quantitative estimate of drug-likeness (QED) is 0.629. The van der Waals surface area contributed by atoms with Gasteiger partial charge in [0.05, 0.1) is 5.69 Å². The van der Waals surface area contributed by atoms with Crippen molar-refractivity contribution < 1.29 is 9.84 Å². The van der Waals surface area contributed by atoms with Crippen LogP contribution in [0.1, 0.15) is 0 Å². The molecule has 1 fully saturated rings. The van der Waals surface area contributed by atoms with E-state index in [1.807, 2.05) is 42.5 Å². The van der Waals surface area contributed by atoms with Crippen LogP contribution in [0.2, 0.25) is 5.02 Å². The molecule has 158 valence electrons. The number of halogens is 4. The summed E-state index contributed by atoms with van der Waals surface area (Å²) >= 11 is 5.94. The van der Waals surface area contributed by atoms with Gasteiger partial charge >= 0.3 is 0 Å². The van der Waals surface area contributed by atoms with Crippen LogP contribution in [0.3, 0.4) is 0 Å². The fourth-order valence-corrected chi connectivity index (χ4v) is 3.12. The van der Waals surface area contributed by atoms with Gasteiger partial charge in [0, 0.05) is 43.4 Å². The van der Waals surface area contributed by atoms with Crippen molar-refractivity contribution in [1.29, 1.82) is 0 Å². The average Bonchev–Trinajstić information content (AvgIpc) is 2.62. The zero-order chi connectivity index (χ0) is 17.6. The molecule has 0 bridgehead atoms. The van der Waals surface area contributed by atoms with Crippen molar-refractivity contribution in [2.45, 2.75) is 6.10 Å². The van der Waals surface area contributed by atoms with Gasteiger partial charge < -0.3 is 20.5 Å². The first-order valence-electron chi connectivity index (χ1n) is 8.50. The van der Waals surface area contributed by atoms with Gasteiger partial charge in [0.25, 0.3) is 0 Å². The highest BCUT2D eigenvalue weighted by Gasteiger charge is 2.20. The fourth-order valence-electron chi connectivity index (χ4n) is 2.99. The molecule has 1 heterocycles. The number of piperazine rings is 1. The number of aliphatic hydroxyl groups is 1. The van der Waals surface area contributed by atoms with E-state index in [2.05, 4.69) is 9.80 Å². The van der Waals surface area contributed by atoms with Gasteiger partial charge in [-0.3, -0.25) is 4.90 Å². The maximum absolute atomic E-state index is 10.2. The molecule has 2 aromatic rings. The number of hydrogen-bond acceptors (Lipinski definition) is 5. The Morgan fingerprint density at radius 1 is 0.964 bits per heavy atom. The van der Waals surface area contributed by atoms with Crippen molar-refractivity contribution in [2.24, 2.45) is 0 Å². The third kappa shape index (κ3) is 7.74. The third-order valence-electron chi connectivity index (χ3n) is 4.38. The molecule has 1 unspecified atom stereocenters. The van der Waals surface area contributed by atoms with Crippen LogP contribution in [-0.4, -0.2) is 55.4 Å². The maximum Gasteiger partial charge on any atom is 0.142 e. The highest BCUT2D eigenvalue weighted by molar-refractivity contribution is 6.30. The maximum atomic E-state index is 10.2. The Morgan fingerprint density at radius 2 is 1.57 bits per heavy atom. The predicted molar refractivity (Wildman–Crippen MR) is 124 cm³/mol. The summed E-state index contributed by atoms with van der Waals surface area (Å²) in [6.07, 6.45) is -0.540. The minimum absolute atomic E-state index is 0. The normalized spacial score (nSPS) is 14.9. The summed E-state index contributed by atoms with van der Waals surface area (Å²) in [4.78, 5) is 4.59. The van der Waals surface area contributed by atoms with Crippen LogP contribution in [0, 0.1) is 0 Å². The van der Waals surface area contributed by atoms with Gasteiger partial charge in [-0.05, 0) is 36.4 Å². The highest BCUT2D eigenvalue weighted by Crippen LogP contribution is 2.21. The van der Waals surface area contributed by atoms with E-state index in [1.165, 1.54) is 5.69 Å². The zero-order valence-corrected chi connectivity index (χ0v) is 18.6. The van der Waals surface area contributed by atoms with Gasteiger partial charge in [0.2, 0.25) is 0 Å². The lowest BCUT2D eigenvalue weighted by molar-refractivity contribution is 0.0666. The van der Waals surface area contributed by atoms with Gasteiger partial charge in [-0.2, -0.15) is 0 Å². The Morgan fingerprint density at radius 3 is 2.18 bits per heavy atom. The Kier molecular flexibility index (Phi) is 12.7. The molecule has 0 spiro atoms. The van der Waals surface area contributed by atoms with Gasteiger partial charge in [0.1, 0.15) is 18.5 Å². The van der Waals surface area contributed by atoms with Crippen LogP contribution >= 0.6 is 48.8 Å². The number of anilines is 2. The van der Waals surface area contributed by atoms with E-state index in [0.29, 0.717) is 18.0 Å². The van der Waals surface area contributed by atoms with E-state index >= 15 is 0 Å². The Bertz CT molecular complexity index is 683. The van der Waals surface area contributed by atoms with E-state index in [4.69, 9.17) is 22.1 Å². The SMILES string of the molecule is Cl.Cl.Cl.Nc1ccccc1OCC(O)CN1CCN(c2ccc(Cl)cc2)CC1. The van der Waals surface area contributed by atoms with Crippen molar-refractivity contribution >= 4 is 60.2 Å². The molecule has 3 rings (SSSR count). The molecule has 1 atom stereocenters. The lowest BCUT2D eigenvalue weighted by atomic mass is 10.2. The molecule has 3 N–H and O–H groups in total. The third-order valence-corrected chi connectivity index (χ3v) is 4.64. The van der Waals surface area contributed by atoms with Crippen molar-refractivity contribution in [2.75, 3.05) is 50.0 Å². The van der Waals surface area contributed by atoms with Crippen LogP contribution in [0.25, 0.3) is 0 Å². The Balaban J connectivity index is 0.00000243. The number of rotatable bonds is 6. The molecule has 5 nitrogen and oxygen atoms in total. The molecule has 28 heavy (non-hydrogen) atoms. The smallest absolute Gasteiger partial charge is 0.142 e. The van der Waals surface area contributed by atoms with E-state index in [-0.39, 0.29) is 43.8 Å². The van der Waals surface area contributed by atoms with Crippen LogP contribution in [0.5, 0.6) is 5.75 Å². The van der Waals surface area contributed by atoms with Crippen LogP contribution in [0.15, 0.2) is 48.5 Å². The average molecular weight is 471 g/mol. The fraction of sp³-hybridized carbons (Fsp3) is 0.368. The molecule has 0 radical (unpaired) electrons. The van der Waals surface area contributed by atoms with E-state index in [0.717, 1.165) is 31.2 Å². The van der Waals surface area contributed by atoms with Crippen LogP contribution in [-0.2, 0) is 0 Å². The molecule has 1 aliphatic rings. The van der Waals surface area contributed by atoms with Gasteiger partial charge in [-0.1, -0.05) is 23.7 Å². The summed E-state index contributed by atoms with van der Waals surface area (Å²) in [6, 6.07) is 15.3. The monoisotopic (exact) mass is 469 g/mol. The van der Waals surface area contributed by atoms with E-state index in [1.54, 1.807) is 6.07 Å². The number of ether oxygens (including phenoxy) is 1. The highest BCUT2D eigenvalue weighted by atomic mass is 35.5. The first kappa shape index (κ1) is 26.9. The topological polar surface area (TPSA) is 62.0 Å². The van der Waals surface area contributed by atoms with E-state index in [9.17, 15) is 5.11 Å². The number of hydrogen-bond donors (Lipinski definition) is 2. The minimum Gasteiger partial charge on any atom is -0.489 e. The molecule has 9 heteroatoms. The summed E-state index contributed by atoms with van der Waals surface area (Å²) < 4.78 is 5.62. The first-order valence-corrected chi connectivity index (χ1v) is 8.88. The van der Waals surface area contributed by atoms with Crippen LogP contribution in [0.4, 0.5) is 11.4 Å². The number of nitrogen functional groups attached to an aromatic ring is 1. The summed E-state index contributed by atoms with van der Waals surface area (Å²) in [5.74, 6) is 0.620. The predicted octanol–water partition coefficient (Wildman–Crippen LogP) is 3.75. The number of para-hydroxylation sites is 2.